The fraction of sp³-hybridized carbons (Fsp3) is 0.261. The normalized spacial score (nSPS) is 13.8. The van der Waals surface area contributed by atoms with Crippen molar-refractivity contribution < 1.29 is 24.6 Å². The van der Waals surface area contributed by atoms with E-state index in [2.05, 4.69) is 15.6 Å². The number of fused-ring (bicyclic) bond motifs is 1. The lowest BCUT2D eigenvalue weighted by atomic mass is 10.0. The maximum atomic E-state index is 12.8. The Labute approximate surface area is 184 Å². The van der Waals surface area contributed by atoms with Crippen molar-refractivity contribution in [2.75, 3.05) is 6.61 Å². The van der Waals surface area contributed by atoms with E-state index in [0.29, 0.717) is 0 Å². The lowest BCUT2D eigenvalue weighted by Crippen LogP contribution is -2.56. The number of aliphatic hydroxyl groups excluding tert-OH is 1. The molecule has 9 nitrogen and oxygen atoms in total. The van der Waals surface area contributed by atoms with Crippen LogP contribution in [0.15, 0.2) is 60.8 Å². The summed E-state index contributed by atoms with van der Waals surface area (Å²) < 4.78 is 0. The third-order valence-electron chi connectivity index (χ3n) is 5.16. The van der Waals surface area contributed by atoms with Crippen LogP contribution in [-0.2, 0) is 27.2 Å². The SMILES string of the molecule is NC(Cc1c[nH]c2ccccc12)C(=O)NC(Cc1ccccc1)C(=O)NC(CO)C(=O)O. The van der Waals surface area contributed by atoms with Gasteiger partial charge in [-0.1, -0.05) is 48.5 Å². The van der Waals surface area contributed by atoms with E-state index in [1.54, 1.807) is 30.5 Å². The molecule has 0 aliphatic rings. The van der Waals surface area contributed by atoms with Gasteiger partial charge in [0, 0.05) is 23.5 Å². The first kappa shape index (κ1) is 23.0. The number of amides is 2. The highest BCUT2D eigenvalue weighted by molar-refractivity contribution is 5.92. The minimum atomic E-state index is -1.47. The fourth-order valence-corrected chi connectivity index (χ4v) is 3.43. The molecule has 1 heterocycles. The first-order valence-electron chi connectivity index (χ1n) is 10.2. The lowest BCUT2D eigenvalue weighted by molar-refractivity contribution is -0.143. The molecule has 1 aromatic heterocycles. The number of aliphatic carboxylic acids is 1. The van der Waals surface area contributed by atoms with E-state index in [0.717, 1.165) is 22.0 Å². The number of hydrogen-bond acceptors (Lipinski definition) is 5. The van der Waals surface area contributed by atoms with Crippen molar-refractivity contribution in [1.29, 1.82) is 0 Å². The van der Waals surface area contributed by atoms with Crippen molar-refractivity contribution in [3.63, 3.8) is 0 Å². The molecule has 0 fully saturated rings. The van der Waals surface area contributed by atoms with Crippen LogP contribution in [0.4, 0.5) is 0 Å². The number of H-pyrrole nitrogens is 1. The van der Waals surface area contributed by atoms with Gasteiger partial charge in [-0.25, -0.2) is 4.79 Å². The fourth-order valence-electron chi connectivity index (χ4n) is 3.43. The first-order chi connectivity index (χ1) is 15.4. The summed E-state index contributed by atoms with van der Waals surface area (Å²) in [6.45, 7) is -0.771. The first-order valence-corrected chi connectivity index (χ1v) is 10.2. The standard InChI is InChI=1S/C23H26N4O5/c24-17(11-15-12-25-18-9-5-4-8-16(15)18)21(29)26-19(10-14-6-2-1-3-7-14)22(30)27-20(13-28)23(31)32/h1-9,12,17,19-20,25,28H,10-11,13,24H2,(H,26,29)(H,27,30)(H,31,32). The molecule has 168 valence electrons. The lowest BCUT2D eigenvalue weighted by Gasteiger charge is -2.22. The summed E-state index contributed by atoms with van der Waals surface area (Å²) >= 11 is 0. The van der Waals surface area contributed by atoms with Crippen molar-refractivity contribution in [1.82, 2.24) is 15.6 Å². The van der Waals surface area contributed by atoms with E-state index in [9.17, 15) is 19.5 Å². The molecule has 2 aromatic carbocycles. The Morgan fingerprint density at radius 1 is 0.906 bits per heavy atom. The van der Waals surface area contributed by atoms with E-state index in [-0.39, 0.29) is 12.8 Å². The molecule has 0 spiro atoms. The van der Waals surface area contributed by atoms with Crippen LogP contribution in [0.1, 0.15) is 11.1 Å². The van der Waals surface area contributed by atoms with E-state index in [1.165, 1.54) is 0 Å². The smallest absolute Gasteiger partial charge is 0.328 e. The molecule has 0 bridgehead atoms. The second-order valence-electron chi connectivity index (χ2n) is 7.50. The van der Waals surface area contributed by atoms with Crippen LogP contribution in [0.25, 0.3) is 10.9 Å². The summed E-state index contributed by atoms with van der Waals surface area (Å²) in [6.07, 6.45) is 2.19. The van der Waals surface area contributed by atoms with Gasteiger partial charge in [0.2, 0.25) is 11.8 Å². The van der Waals surface area contributed by atoms with Crippen LogP contribution in [0.3, 0.4) is 0 Å². The minimum absolute atomic E-state index is 0.135. The number of carbonyl (C=O) groups excluding carboxylic acids is 2. The van der Waals surface area contributed by atoms with Gasteiger partial charge in [0.25, 0.3) is 0 Å². The highest BCUT2D eigenvalue weighted by Gasteiger charge is 2.28. The van der Waals surface area contributed by atoms with Crippen molar-refractivity contribution >= 4 is 28.7 Å². The van der Waals surface area contributed by atoms with E-state index in [4.69, 9.17) is 10.8 Å². The monoisotopic (exact) mass is 438 g/mol. The number of aromatic amines is 1. The van der Waals surface area contributed by atoms with E-state index < -0.39 is 42.5 Å². The van der Waals surface area contributed by atoms with Gasteiger partial charge in [-0.15, -0.1) is 0 Å². The summed E-state index contributed by atoms with van der Waals surface area (Å²) in [4.78, 5) is 39.8. The van der Waals surface area contributed by atoms with Crippen LogP contribution >= 0.6 is 0 Å². The third-order valence-corrected chi connectivity index (χ3v) is 5.16. The Morgan fingerprint density at radius 3 is 2.25 bits per heavy atom. The number of carboxylic acids is 1. The number of rotatable bonds is 10. The largest absolute Gasteiger partial charge is 0.480 e. The molecule has 7 N–H and O–H groups in total. The van der Waals surface area contributed by atoms with E-state index in [1.807, 2.05) is 30.3 Å². The number of hydrogen-bond donors (Lipinski definition) is 6. The molecule has 9 heteroatoms. The second kappa shape index (κ2) is 10.6. The van der Waals surface area contributed by atoms with Crippen molar-refractivity contribution in [3.8, 4) is 0 Å². The Morgan fingerprint density at radius 2 is 1.56 bits per heavy atom. The zero-order chi connectivity index (χ0) is 23.1. The predicted molar refractivity (Wildman–Crippen MR) is 119 cm³/mol. The molecule has 0 radical (unpaired) electrons. The van der Waals surface area contributed by atoms with Gasteiger partial charge < -0.3 is 31.6 Å². The highest BCUT2D eigenvalue weighted by Crippen LogP contribution is 2.18. The van der Waals surface area contributed by atoms with Crippen LogP contribution in [0.2, 0.25) is 0 Å². The Hall–Kier alpha value is -3.69. The van der Waals surface area contributed by atoms with Crippen LogP contribution in [-0.4, -0.2) is 57.7 Å². The molecule has 3 unspecified atom stereocenters. The van der Waals surface area contributed by atoms with Gasteiger partial charge in [0.1, 0.15) is 12.1 Å². The number of nitrogens with one attached hydrogen (secondary N) is 3. The number of nitrogens with two attached hydrogens (primary N) is 1. The summed E-state index contributed by atoms with van der Waals surface area (Å²) in [5.41, 5.74) is 8.70. The average Bonchev–Trinajstić information content (AvgIpc) is 3.20. The molecule has 0 aliphatic carbocycles. The van der Waals surface area contributed by atoms with Crippen LogP contribution < -0.4 is 16.4 Å². The molecular formula is C23H26N4O5. The third kappa shape index (κ3) is 5.71. The van der Waals surface area contributed by atoms with Gasteiger partial charge >= 0.3 is 5.97 Å². The van der Waals surface area contributed by atoms with Gasteiger partial charge in [-0.2, -0.15) is 0 Å². The molecule has 3 atom stereocenters. The number of benzene rings is 2. The number of para-hydroxylation sites is 1. The van der Waals surface area contributed by atoms with Crippen LogP contribution in [0, 0.1) is 0 Å². The van der Waals surface area contributed by atoms with Crippen LogP contribution in [0.5, 0.6) is 0 Å². The Bertz CT molecular complexity index is 1080. The van der Waals surface area contributed by atoms with Gasteiger partial charge in [-0.05, 0) is 23.6 Å². The number of aromatic nitrogens is 1. The summed E-state index contributed by atoms with van der Waals surface area (Å²) in [7, 11) is 0. The van der Waals surface area contributed by atoms with Gasteiger partial charge in [-0.3, -0.25) is 9.59 Å². The molecule has 2 amide bonds. The second-order valence-corrected chi connectivity index (χ2v) is 7.50. The number of carboxylic acid groups (broad SMARTS) is 1. The quantitative estimate of drug-likeness (QED) is 0.268. The maximum Gasteiger partial charge on any atom is 0.328 e. The Kier molecular flexibility index (Phi) is 7.58. The maximum absolute atomic E-state index is 12.8. The molecule has 0 aliphatic heterocycles. The number of aliphatic hydroxyl groups is 1. The Balaban J connectivity index is 1.72. The molecule has 3 aromatic rings. The van der Waals surface area contributed by atoms with Crippen molar-refractivity contribution in [2.24, 2.45) is 5.73 Å². The summed E-state index contributed by atoms with van der Waals surface area (Å²) in [6, 6.07) is 13.2. The van der Waals surface area contributed by atoms with Gasteiger partial charge in [0.05, 0.1) is 12.6 Å². The topological polar surface area (TPSA) is 158 Å². The molecule has 3 rings (SSSR count). The zero-order valence-electron chi connectivity index (χ0n) is 17.3. The molecule has 0 saturated carbocycles. The average molecular weight is 438 g/mol. The molecular weight excluding hydrogens is 412 g/mol. The zero-order valence-corrected chi connectivity index (χ0v) is 17.3. The highest BCUT2D eigenvalue weighted by atomic mass is 16.4. The number of carbonyl (C=O) groups is 3. The molecule has 0 saturated heterocycles. The van der Waals surface area contributed by atoms with Crippen molar-refractivity contribution in [3.05, 3.63) is 71.9 Å². The summed E-state index contributed by atoms with van der Waals surface area (Å²) in [5, 5.41) is 24.2. The molecule has 32 heavy (non-hydrogen) atoms. The van der Waals surface area contributed by atoms with Crippen molar-refractivity contribution in [2.45, 2.75) is 31.0 Å². The van der Waals surface area contributed by atoms with Gasteiger partial charge in [0.15, 0.2) is 0 Å². The summed E-state index contributed by atoms with van der Waals surface area (Å²) in [5.74, 6) is -2.63. The predicted octanol–water partition coefficient (Wildman–Crippen LogP) is 0.327. The minimum Gasteiger partial charge on any atom is -0.480 e. The van der Waals surface area contributed by atoms with E-state index >= 15 is 0 Å².